The van der Waals surface area contributed by atoms with Crippen molar-refractivity contribution in [3.8, 4) is 0 Å². The van der Waals surface area contributed by atoms with E-state index < -0.39 is 11.7 Å². The van der Waals surface area contributed by atoms with Crippen molar-refractivity contribution in [3.05, 3.63) is 17.5 Å². The van der Waals surface area contributed by atoms with Gasteiger partial charge in [0.1, 0.15) is 0 Å². The molecule has 1 saturated heterocycles. The lowest BCUT2D eigenvalue weighted by molar-refractivity contribution is -0.135. The Hall–Kier alpha value is -0.870. The van der Waals surface area contributed by atoms with Crippen LogP contribution in [0.1, 0.15) is 44.5 Å². The summed E-state index contributed by atoms with van der Waals surface area (Å²) < 4.78 is 7.76. The maximum Gasteiger partial charge on any atom is 0.0916 e. The summed E-state index contributed by atoms with van der Waals surface area (Å²) in [6.45, 7) is 7.69. The van der Waals surface area contributed by atoms with Gasteiger partial charge >= 0.3 is 0 Å². The molecule has 0 amide bonds. The van der Waals surface area contributed by atoms with Crippen molar-refractivity contribution in [2.75, 3.05) is 6.61 Å². The lowest BCUT2D eigenvalue weighted by Crippen LogP contribution is -2.45. The van der Waals surface area contributed by atoms with Crippen LogP contribution < -0.4 is 0 Å². The molecule has 2 rings (SSSR count). The normalized spacial score (nSPS) is 26.2. The highest BCUT2D eigenvalue weighted by Gasteiger charge is 2.36. The minimum absolute atomic E-state index is 0.394. The second-order valence-electron chi connectivity index (χ2n) is 5.43. The van der Waals surface area contributed by atoms with Crippen LogP contribution in [0.3, 0.4) is 0 Å². The zero-order valence-corrected chi connectivity index (χ0v) is 11.6. The fourth-order valence-electron chi connectivity index (χ4n) is 2.67. The molecule has 102 valence electrons. The van der Waals surface area contributed by atoms with Gasteiger partial charge in [-0.3, -0.25) is 4.68 Å². The zero-order chi connectivity index (χ0) is 13.2. The molecule has 1 N–H and O–H groups in total. The molecular formula is C14H24N2O2. The Morgan fingerprint density at radius 2 is 2.33 bits per heavy atom. The Balaban J connectivity index is 2.07. The summed E-state index contributed by atoms with van der Waals surface area (Å²) in [4.78, 5) is 0. The van der Waals surface area contributed by atoms with Crippen LogP contribution in [0.5, 0.6) is 0 Å². The van der Waals surface area contributed by atoms with Gasteiger partial charge in [0.15, 0.2) is 0 Å². The summed E-state index contributed by atoms with van der Waals surface area (Å²) in [6.07, 6.45) is 3.34. The van der Waals surface area contributed by atoms with Gasteiger partial charge in [-0.25, -0.2) is 0 Å². The first-order chi connectivity index (χ1) is 8.55. The SMILES string of the molecule is CCn1nc(C)cc1CC(O)C1(C)CCCCO1. The summed E-state index contributed by atoms with van der Waals surface area (Å²) in [5.41, 5.74) is 1.71. The Morgan fingerprint density at radius 3 is 2.94 bits per heavy atom. The third kappa shape index (κ3) is 2.75. The minimum Gasteiger partial charge on any atom is -0.390 e. The fourth-order valence-corrected chi connectivity index (χ4v) is 2.67. The Labute approximate surface area is 109 Å². The van der Waals surface area contributed by atoms with Gasteiger partial charge in [-0.1, -0.05) is 0 Å². The average molecular weight is 252 g/mol. The molecule has 1 aliphatic heterocycles. The van der Waals surface area contributed by atoms with Gasteiger partial charge in [0.2, 0.25) is 0 Å². The topological polar surface area (TPSA) is 47.3 Å². The average Bonchev–Trinajstić information content (AvgIpc) is 2.70. The second-order valence-corrected chi connectivity index (χ2v) is 5.43. The molecule has 2 atom stereocenters. The highest BCUT2D eigenvalue weighted by atomic mass is 16.5. The van der Waals surface area contributed by atoms with E-state index in [4.69, 9.17) is 4.74 Å². The van der Waals surface area contributed by atoms with E-state index in [9.17, 15) is 5.11 Å². The van der Waals surface area contributed by atoms with Crippen LogP contribution in [0.4, 0.5) is 0 Å². The fraction of sp³-hybridized carbons (Fsp3) is 0.786. The van der Waals surface area contributed by atoms with Crippen molar-refractivity contribution in [1.82, 2.24) is 9.78 Å². The molecule has 1 aromatic rings. The quantitative estimate of drug-likeness (QED) is 0.892. The van der Waals surface area contributed by atoms with Crippen LogP contribution in [-0.4, -0.2) is 33.2 Å². The van der Waals surface area contributed by atoms with Crippen molar-refractivity contribution in [2.24, 2.45) is 0 Å². The van der Waals surface area contributed by atoms with Crippen LogP contribution in [0, 0.1) is 6.92 Å². The largest absolute Gasteiger partial charge is 0.390 e. The molecule has 0 saturated carbocycles. The Bertz CT molecular complexity index is 394. The van der Waals surface area contributed by atoms with E-state index in [-0.39, 0.29) is 0 Å². The summed E-state index contributed by atoms with van der Waals surface area (Å²) in [6, 6.07) is 2.05. The molecule has 0 aliphatic carbocycles. The molecule has 1 aliphatic rings. The summed E-state index contributed by atoms with van der Waals surface area (Å²) in [7, 11) is 0. The summed E-state index contributed by atoms with van der Waals surface area (Å²) in [5, 5.41) is 14.9. The van der Waals surface area contributed by atoms with Crippen molar-refractivity contribution < 1.29 is 9.84 Å². The third-order valence-corrected chi connectivity index (χ3v) is 3.89. The van der Waals surface area contributed by atoms with Crippen LogP contribution in [0.15, 0.2) is 6.07 Å². The zero-order valence-electron chi connectivity index (χ0n) is 11.6. The van der Waals surface area contributed by atoms with E-state index in [0.717, 1.165) is 43.8 Å². The van der Waals surface area contributed by atoms with E-state index in [0.29, 0.717) is 6.42 Å². The molecule has 0 aromatic carbocycles. The third-order valence-electron chi connectivity index (χ3n) is 3.89. The lowest BCUT2D eigenvalue weighted by Gasteiger charge is -2.38. The van der Waals surface area contributed by atoms with Crippen LogP contribution in [0.2, 0.25) is 0 Å². The predicted octanol–water partition coefficient (Wildman–Crippen LogP) is 2.07. The molecule has 4 heteroatoms. The number of aryl methyl sites for hydroxylation is 2. The van der Waals surface area contributed by atoms with Gasteiger partial charge < -0.3 is 9.84 Å². The molecule has 1 fully saturated rings. The number of ether oxygens (including phenoxy) is 1. The van der Waals surface area contributed by atoms with Crippen molar-refractivity contribution in [2.45, 2.75) is 64.7 Å². The first-order valence-electron chi connectivity index (χ1n) is 6.90. The van der Waals surface area contributed by atoms with Crippen molar-refractivity contribution in [3.63, 3.8) is 0 Å². The van der Waals surface area contributed by atoms with Crippen LogP contribution >= 0.6 is 0 Å². The van der Waals surface area contributed by atoms with E-state index in [1.807, 2.05) is 18.5 Å². The summed E-state index contributed by atoms with van der Waals surface area (Å²) >= 11 is 0. The standard InChI is InChI=1S/C14H24N2O2/c1-4-16-12(9-11(2)15-16)10-13(17)14(3)7-5-6-8-18-14/h9,13,17H,4-8,10H2,1-3H3. The highest BCUT2D eigenvalue weighted by Crippen LogP contribution is 2.29. The van der Waals surface area contributed by atoms with Gasteiger partial charge in [-0.15, -0.1) is 0 Å². The number of hydrogen-bond donors (Lipinski definition) is 1. The number of aliphatic hydroxyl groups is 1. The number of aromatic nitrogens is 2. The van der Waals surface area contributed by atoms with Crippen LogP contribution in [-0.2, 0) is 17.7 Å². The van der Waals surface area contributed by atoms with Gasteiger partial charge in [0, 0.05) is 25.3 Å². The smallest absolute Gasteiger partial charge is 0.0916 e. The van der Waals surface area contributed by atoms with Crippen LogP contribution in [0.25, 0.3) is 0 Å². The van der Waals surface area contributed by atoms with Crippen molar-refractivity contribution in [1.29, 1.82) is 0 Å². The van der Waals surface area contributed by atoms with E-state index in [2.05, 4.69) is 18.1 Å². The molecule has 18 heavy (non-hydrogen) atoms. The summed E-state index contributed by atoms with van der Waals surface area (Å²) in [5.74, 6) is 0. The molecular weight excluding hydrogens is 228 g/mol. The first kappa shape index (κ1) is 13.6. The van der Waals surface area contributed by atoms with E-state index in [1.54, 1.807) is 0 Å². The number of aliphatic hydroxyl groups excluding tert-OH is 1. The maximum absolute atomic E-state index is 10.4. The Kier molecular flexibility index (Phi) is 4.07. The lowest BCUT2D eigenvalue weighted by atomic mass is 9.88. The Morgan fingerprint density at radius 1 is 1.56 bits per heavy atom. The molecule has 0 radical (unpaired) electrons. The predicted molar refractivity (Wildman–Crippen MR) is 70.6 cm³/mol. The van der Waals surface area contributed by atoms with Gasteiger partial charge in [0.25, 0.3) is 0 Å². The molecule has 0 spiro atoms. The second kappa shape index (κ2) is 5.41. The highest BCUT2D eigenvalue weighted by molar-refractivity contribution is 5.11. The van der Waals surface area contributed by atoms with Crippen molar-refractivity contribution >= 4 is 0 Å². The molecule has 2 unspecified atom stereocenters. The molecule has 0 bridgehead atoms. The van der Waals surface area contributed by atoms with E-state index in [1.165, 1.54) is 0 Å². The maximum atomic E-state index is 10.4. The van der Waals surface area contributed by atoms with Gasteiger partial charge in [-0.05, 0) is 46.1 Å². The number of nitrogens with zero attached hydrogens (tertiary/aromatic N) is 2. The minimum atomic E-state index is -0.459. The monoisotopic (exact) mass is 252 g/mol. The van der Waals surface area contributed by atoms with Gasteiger partial charge in [-0.2, -0.15) is 5.10 Å². The number of hydrogen-bond acceptors (Lipinski definition) is 3. The molecule has 4 nitrogen and oxygen atoms in total. The van der Waals surface area contributed by atoms with Gasteiger partial charge in [0.05, 0.1) is 17.4 Å². The van der Waals surface area contributed by atoms with E-state index >= 15 is 0 Å². The number of rotatable bonds is 4. The first-order valence-corrected chi connectivity index (χ1v) is 6.90. The molecule has 2 heterocycles. The molecule has 1 aromatic heterocycles.